The highest BCUT2D eigenvalue weighted by molar-refractivity contribution is 6.68. The summed E-state index contributed by atoms with van der Waals surface area (Å²) in [5.74, 6) is 0. The van der Waals surface area contributed by atoms with Crippen molar-refractivity contribution in [2.45, 2.75) is 5.66 Å². The van der Waals surface area contributed by atoms with Crippen molar-refractivity contribution in [3.8, 4) is 0 Å². The highest BCUT2D eigenvalue weighted by atomic mass is 35.5. The summed E-state index contributed by atoms with van der Waals surface area (Å²) in [6.45, 7) is 1.03. The molecule has 1 amide bonds. The van der Waals surface area contributed by atoms with Gasteiger partial charge in [-0.3, -0.25) is 15.1 Å². The van der Waals surface area contributed by atoms with Gasteiger partial charge >= 0.3 is 11.8 Å². The predicted molar refractivity (Wildman–Crippen MR) is 68.2 cm³/mol. The second kappa shape index (κ2) is 5.14. The molecule has 0 bridgehead atoms. The number of carbonyl (C=O) groups is 1. The summed E-state index contributed by atoms with van der Waals surface area (Å²) >= 11 is 5.69. The zero-order valence-corrected chi connectivity index (χ0v) is 10.8. The number of hydrogen-bond acceptors (Lipinski definition) is 5. The number of aliphatic imine (C=N–C) groups is 1. The van der Waals surface area contributed by atoms with Crippen LogP contribution in [0.1, 0.15) is 0 Å². The summed E-state index contributed by atoms with van der Waals surface area (Å²) in [6.07, 6.45) is 1.84. The smallest absolute Gasteiger partial charge is 0.407 e. The SMILES string of the molecule is O=C(O)N1CCN(C2([N+](=O)[O-])C=CC(Cl)=NC2)CC1. The van der Waals surface area contributed by atoms with Gasteiger partial charge in [-0.25, -0.2) is 9.69 Å². The van der Waals surface area contributed by atoms with Crippen molar-refractivity contribution in [1.29, 1.82) is 0 Å². The minimum Gasteiger partial charge on any atom is -0.465 e. The van der Waals surface area contributed by atoms with E-state index in [4.69, 9.17) is 16.7 Å². The number of piperazine rings is 1. The largest absolute Gasteiger partial charge is 0.465 e. The number of nitro groups is 1. The second-order valence-electron chi connectivity index (χ2n) is 4.36. The summed E-state index contributed by atoms with van der Waals surface area (Å²) in [5, 5.41) is 20.5. The topological polar surface area (TPSA) is 99.3 Å². The number of rotatable bonds is 2. The first-order chi connectivity index (χ1) is 8.95. The lowest BCUT2D eigenvalue weighted by Crippen LogP contribution is -2.62. The molecule has 0 radical (unpaired) electrons. The Morgan fingerprint density at radius 3 is 2.53 bits per heavy atom. The van der Waals surface area contributed by atoms with Gasteiger partial charge in [-0.1, -0.05) is 11.6 Å². The quantitative estimate of drug-likeness (QED) is 0.588. The van der Waals surface area contributed by atoms with Gasteiger partial charge in [0.15, 0.2) is 0 Å². The molecule has 0 aromatic heterocycles. The van der Waals surface area contributed by atoms with Crippen LogP contribution in [0.4, 0.5) is 4.79 Å². The van der Waals surface area contributed by atoms with Crippen molar-refractivity contribution in [2.24, 2.45) is 4.99 Å². The van der Waals surface area contributed by atoms with E-state index in [1.807, 2.05) is 0 Å². The van der Waals surface area contributed by atoms with Crippen LogP contribution in [0.15, 0.2) is 17.1 Å². The minimum atomic E-state index is -1.41. The van der Waals surface area contributed by atoms with E-state index in [0.29, 0.717) is 13.1 Å². The van der Waals surface area contributed by atoms with E-state index < -0.39 is 16.7 Å². The van der Waals surface area contributed by atoms with Crippen molar-refractivity contribution in [1.82, 2.24) is 9.80 Å². The molecule has 0 aromatic rings. The van der Waals surface area contributed by atoms with Crippen molar-refractivity contribution in [3.63, 3.8) is 0 Å². The molecule has 0 aromatic carbocycles. The van der Waals surface area contributed by atoms with Crippen LogP contribution in [0.5, 0.6) is 0 Å². The molecule has 0 spiro atoms. The number of hydrogen-bond donors (Lipinski definition) is 1. The first-order valence-corrected chi connectivity index (χ1v) is 6.10. The monoisotopic (exact) mass is 288 g/mol. The Kier molecular flexibility index (Phi) is 3.72. The molecular weight excluding hydrogens is 276 g/mol. The van der Waals surface area contributed by atoms with Crippen molar-refractivity contribution >= 4 is 22.9 Å². The number of allylic oxidation sites excluding steroid dienone is 1. The molecule has 2 rings (SSSR count). The van der Waals surface area contributed by atoms with Crippen LogP contribution in [0, 0.1) is 10.1 Å². The predicted octanol–water partition coefficient (Wildman–Crippen LogP) is 0.462. The van der Waals surface area contributed by atoms with Crippen LogP contribution < -0.4 is 0 Å². The molecule has 1 fully saturated rings. The van der Waals surface area contributed by atoms with E-state index in [0.717, 1.165) is 0 Å². The summed E-state index contributed by atoms with van der Waals surface area (Å²) in [7, 11) is 0. The lowest BCUT2D eigenvalue weighted by Gasteiger charge is -2.39. The molecule has 9 heteroatoms. The van der Waals surface area contributed by atoms with Crippen LogP contribution in [0.2, 0.25) is 0 Å². The van der Waals surface area contributed by atoms with Crippen LogP contribution in [0.3, 0.4) is 0 Å². The Bertz CT molecular complexity index is 458. The maximum atomic E-state index is 11.4. The van der Waals surface area contributed by atoms with Gasteiger partial charge in [0.1, 0.15) is 11.7 Å². The molecule has 1 saturated heterocycles. The van der Waals surface area contributed by atoms with Gasteiger partial charge in [0.05, 0.1) is 0 Å². The third-order valence-electron chi connectivity index (χ3n) is 3.36. The number of nitrogens with zero attached hydrogens (tertiary/aromatic N) is 4. The van der Waals surface area contributed by atoms with E-state index in [1.165, 1.54) is 17.1 Å². The molecule has 2 heterocycles. The standard InChI is InChI=1S/C10H13ClN4O4/c11-8-1-2-10(7-12-8,15(18)19)14-5-3-13(4-6-14)9(16)17/h1-2H,3-7H2,(H,16,17). The van der Waals surface area contributed by atoms with Gasteiger partial charge < -0.3 is 10.0 Å². The molecule has 2 aliphatic heterocycles. The number of carboxylic acid groups (broad SMARTS) is 1. The van der Waals surface area contributed by atoms with Gasteiger partial charge in [0, 0.05) is 37.2 Å². The van der Waals surface area contributed by atoms with Gasteiger partial charge in [-0.05, 0) is 6.08 Å². The Morgan fingerprint density at radius 2 is 2.11 bits per heavy atom. The van der Waals surface area contributed by atoms with Gasteiger partial charge in [0.2, 0.25) is 0 Å². The Labute approximate surface area is 114 Å². The minimum absolute atomic E-state index is 0.0532. The molecule has 19 heavy (non-hydrogen) atoms. The molecule has 2 aliphatic rings. The molecular formula is C10H13ClN4O4. The van der Waals surface area contributed by atoms with Crippen molar-refractivity contribution < 1.29 is 14.8 Å². The van der Waals surface area contributed by atoms with Crippen LogP contribution in [-0.4, -0.2) is 69.5 Å². The summed E-state index contributed by atoms with van der Waals surface area (Å²) in [4.78, 5) is 28.6. The molecule has 8 nitrogen and oxygen atoms in total. The zero-order valence-electron chi connectivity index (χ0n) is 10.0. The second-order valence-corrected chi connectivity index (χ2v) is 4.75. The summed E-state index contributed by atoms with van der Waals surface area (Å²) in [6, 6.07) is 0. The molecule has 1 unspecified atom stereocenters. The number of halogens is 1. The third-order valence-corrected chi connectivity index (χ3v) is 3.61. The van der Waals surface area contributed by atoms with Crippen LogP contribution in [-0.2, 0) is 0 Å². The maximum Gasteiger partial charge on any atom is 0.407 e. The molecule has 104 valence electrons. The fourth-order valence-corrected chi connectivity index (χ4v) is 2.35. The Hall–Kier alpha value is -1.67. The van der Waals surface area contributed by atoms with E-state index in [-0.39, 0.29) is 24.8 Å². The fraction of sp³-hybridized carbons (Fsp3) is 0.600. The lowest BCUT2D eigenvalue weighted by molar-refractivity contribution is -0.583. The zero-order chi connectivity index (χ0) is 14.0. The Balaban J connectivity index is 2.13. The van der Waals surface area contributed by atoms with Crippen molar-refractivity contribution in [2.75, 3.05) is 32.7 Å². The molecule has 1 atom stereocenters. The lowest BCUT2D eigenvalue weighted by atomic mass is 10.1. The highest BCUT2D eigenvalue weighted by Gasteiger charge is 2.48. The average Bonchev–Trinajstić information content (AvgIpc) is 2.39. The van der Waals surface area contributed by atoms with Gasteiger partial charge in [0.25, 0.3) is 0 Å². The first kappa shape index (κ1) is 13.8. The normalized spacial score (nSPS) is 28.1. The molecule has 1 N–H and O–H groups in total. The van der Waals surface area contributed by atoms with Gasteiger partial charge in [-0.2, -0.15) is 0 Å². The van der Waals surface area contributed by atoms with Gasteiger partial charge in [-0.15, -0.1) is 0 Å². The van der Waals surface area contributed by atoms with E-state index in [9.17, 15) is 14.9 Å². The van der Waals surface area contributed by atoms with E-state index >= 15 is 0 Å². The molecule has 0 saturated carbocycles. The third kappa shape index (κ3) is 2.54. The summed E-state index contributed by atoms with van der Waals surface area (Å²) in [5.41, 5.74) is -1.41. The van der Waals surface area contributed by atoms with Crippen LogP contribution in [0.25, 0.3) is 0 Å². The maximum absolute atomic E-state index is 11.4. The Morgan fingerprint density at radius 1 is 1.47 bits per heavy atom. The number of amides is 1. The van der Waals surface area contributed by atoms with Crippen molar-refractivity contribution in [3.05, 3.63) is 22.3 Å². The average molecular weight is 289 g/mol. The van der Waals surface area contributed by atoms with Crippen LogP contribution >= 0.6 is 11.6 Å². The highest BCUT2D eigenvalue weighted by Crippen LogP contribution is 2.24. The van der Waals surface area contributed by atoms with E-state index in [2.05, 4.69) is 4.99 Å². The number of dihydropyridines is 1. The van der Waals surface area contributed by atoms with E-state index in [1.54, 1.807) is 4.90 Å². The molecule has 0 aliphatic carbocycles. The first-order valence-electron chi connectivity index (χ1n) is 5.72. The summed E-state index contributed by atoms with van der Waals surface area (Å²) < 4.78 is 0. The fourth-order valence-electron chi connectivity index (χ4n) is 2.22.